The van der Waals surface area contributed by atoms with Crippen molar-refractivity contribution in [2.45, 2.75) is 6.61 Å². The lowest BCUT2D eigenvalue weighted by Gasteiger charge is -2.08. The van der Waals surface area contributed by atoms with Crippen LogP contribution in [0.3, 0.4) is 0 Å². The van der Waals surface area contributed by atoms with Gasteiger partial charge >= 0.3 is 0 Å². The summed E-state index contributed by atoms with van der Waals surface area (Å²) in [5.74, 6) is -1.37. The molecule has 1 nitrogen and oxygen atoms in total. The van der Waals surface area contributed by atoms with Gasteiger partial charge in [0, 0.05) is 21.1 Å². The third kappa shape index (κ3) is 3.21. The summed E-state index contributed by atoms with van der Waals surface area (Å²) in [6.07, 6.45) is 0. The fourth-order valence-corrected chi connectivity index (χ4v) is 2.11. The molecule has 0 aliphatic heterocycles. The molecule has 2 aromatic carbocycles. The van der Waals surface area contributed by atoms with E-state index in [0.29, 0.717) is 5.02 Å². The minimum atomic E-state index is -0.733. The molecule has 94 valence electrons. The quantitative estimate of drug-likeness (QED) is 0.771. The second-order valence-electron chi connectivity index (χ2n) is 3.60. The highest BCUT2D eigenvalue weighted by Gasteiger charge is 2.07. The van der Waals surface area contributed by atoms with E-state index < -0.39 is 11.6 Å². The molecule has 0 fully saturated rings. The fraction of sp³-hybridized carbons (Fsp3) is 0.0769. The predicted octanol–water partition coefficient (Wildman–Crippen LogP) is 4.96. The lowest BCUT2D eigenvalue weighted by atomic mass is 10.2. The third-order valence-corrected chi connectivity index (χ3v) is 3.14. The third-order valence-electron chi connectivity index (χ3n) is 2.29. The van der Waals surface area contributed by atoms with Gasteiger partial charge in [-0.2, -0.15) is 0 Å². The largest absolute Gasteiger partial charge is 0.486 e. The topological polar surface area (TPSA) is 9.23 Å². The van der Waals surface area contributed by atoms with Crippen LogP contribution in [0, 0.1) is 11.6 Å². The summed E-state index contributed by atoms with van der Waals surface area (Å²) in [6.45, 7) is 0.120. The van der Waals surface area contributed by atoms with Crippen molar-refractivity contribution < 1.29 is 13.5 Å². The smallest absolute Gasteiger partial charge is 0.167 e. The molecule has 2 rings (SSSR count). The van der Waals surface area contributed by atoms with Crippen molar-refractivity contribution in [2.24, 2.45) is 0 Å². The van der Waals surface area contributed by atoms with Gasteiger partial charge in [0.05, 0.1) is 0 Å². The summed E-state index contributed by atoms with van der Waals surface area (Å²) in [5.41, 5.74) is 0.726. The monoisotopic (exact) mass is 332 g/mol. The van der Waals surface area contributed by atoms with Crippen LogP contribution in [0.2, 0.25) is 5.02 Å². The number of hydrogen-bond donors (Lipinski definition) is 0. The van der Waals surface area contributed by atoms with Gasteiger partial charge in [0.15, 0.2) is 11.6 Å². The molecule has 0 spiro atoms. The Hall–Kier alpha value is -1.13. The molecule has 0 heterocycles. The first-order valence-corrected chi connectivity index (χ1v) is 6.25. The summed E-state index contributed by atoms with van der Waals surface area (Å²) >= 11 is 9.28. The molecule has 0 saturated heterocycles. The number of benzene rings is 2. The predicted molar refractivity (Wildman–Crippen MR) is 69.8 cm³/mol. The maximum atomic E-state index is 13.3. The summed E-state index contributed by atoms with van der Waals surface area (Å²) in [6, 6.07) is 8.47. The van der Waals surface area contributed by atoms with Crippen LogP contribution >= 0.6 is 27.5 Å². The maximum absolute atomic E-state index is 13.3. The molecule has 0 atom stereocenters. The highest BCUT2D eigenvalue weighted by atomic mass is 79.9. The first-order valence-electron chi connectivity index (χ1n) is 5.08. The van der Waals surface area contributed by atoms with E-state index in [9.17, 15) is 8.78 Å². The van der Waals surface area contributed by atoms with Gasteiger partial charge in [0.25, 0.3) is 0 Å². The van der Waals surface area contributed by atoms with Crippen molar-refractivity contribution in [1.29, 1.82) is 0 Å². The Kier molecular flexibility index (Phi) is 4.19. The van der Waals surface area contributed by atoms with Gasteiger partial charge in [-0.05, 0) is 24.3 Å². The first kappa shape index (κ1) is 13.3. The fourth-order valence-electron chi connectivity index (χ4n) is 1.39. The van der Waals surface area contributed by atoms with Gasteiger partial charge in [0.2, 0.25) is 0 Å². The highest BCUT2D eigenvalue weighted by Crippen LogP contribution is 2.24. The lowest BCUT2D eigenvalue weighted by Crippen LogP contribution is -1.98. The van der Waals surface area contributed by atoms with Crippen molar-refractivity contribution in [3.63, 3.8) is 0 Å². The normalized spacial score (nSPS) is 10.4. The molecule has 0 amide bonds. The van der Waals surface area contributed by atoms with E-state index in [4.69, 9.17) is 16.3 Å². The van der Waals surface area contributed by atoms with E-state index in [2.05, 4.69) is 15.9 Å². The Bertz CT molecular complexity index is 523. The Morgan fingerprint density at radius 3 is 2.56 bits per heavy atom. The Balaban J connectivity index is 2.11. The van der Waals surface area contributed by atoms with Gasteiger partial charge in [0.1, 0.15) is 12.4 Å². The number of hydrogen-bond acceptors (Lipinski definition) is 1. The van der Waals surface area contributed by atoms with Crippen LogP contribution in [0.4, 0.5) is 8.78 Å². The maximum Gasteiger partial charge on any atom is 0.167 e. The Morgan fingerprint density at radius 2 is 1.89 bits per heavy atom. The van der Waals surface area contributed by atoms with Gasteiger partial charge in [-0.15, -0.1) is 0 Å². The van der Waals surface area contributed by atoms with Crippen LogP contribution < -0.4 is 4.74 Å². The number of halogens is 4. The minimum Gasteiger partial charge on any atom is -0.486 e. The van der Waals surface area contributed by atoms with Crippen LogP contribution in [-0.2, 0) is 6.61 Å². The molecule has 0 aliphatic rings. The molecule has 0 radical (unpaired) electrons. The number of ether oxygens (including phenoxy) is 1. The van der Waals surface area contributed by atoms with Gasteiger partial charge in [-0.1, -0.05) is 33.6 Å². The van der Waals surface area contributed by atoms with Crippen molar-refractivity contribution >= 4 is 27.5 Å². The highest BCUT2D eigenvalue weighted by molar-refractivity contribution is 9.10. The zero-order valence-corrected chi connectivity index (χ0v) is 11.4. The zero-order chi connectivity index (χ0) is 13.1. The van der Waals surface area contributed by atoms with Crippen LogP contribution in [0.25, 0.3) is 0 Å². The van der Waals surface area contributed by atoms with Crippen molar-refractivity contribution in [1.82, 2.24) is 0 Å². The molecule has 0 aliphatic carbocycles. The molecular weight excluding hydrogens is 325 g/mol. The summed E-state index contributed by atoms with van der Waals surface area (Å²) in [5, 5.41) is 0.520. The van der Waals surface area contributed by atoms with E-state index in [-0.39, 0.29) is 12.4 Å². The molecule has 0 saturated carbocycles. The Morgan fingerprint density at radius 1 is 1.11 bits per heavy atom. The van der Waals surface area contributed by atoms with Gasteiger partial charge < -0.3 is 4.74 Å². The van der Waals surface area contributed by atoms with E-state index in [1.807, 2.05) is 6.07 Å². The second-order valence-corrected chi connectivity index (χ2v) is 4.92. The molecule has 0 N–H and O–H groups in total. The summed E-state index contributed by atoms with van der Waals surface area (Å²) < 4.78 is 32.1. The van der Waals surface area contributed by atoms with Crippen LogP contribution in [0.1, 0.15) is 5.56 Å². The van der Waals surface area contributed by atoms with Crippen LogP contribution in [0.15, 0.2) is 40.9 Å². The van der Waals surface area contributed by atoms with Crippen molar-refractivity contribution in [3.05, 3.63) is 63.1 Å². The Labute approximate surface area is 116 Å². The molecule has 5 heteroatoms. The molecule has 0 bridgehead atoms. The first-order chi connectivity index (χ1) is 8.56. The van der Waals surface area contributed by atoms with E-state index in [1.54, 1.807) is 12.1 Å². The van der Waals surface area contributed by atoms with Gasteiger partial charge in [-0.3, -0.25) is 0 Å². The minimum absolute atomic E-state index is 0.00427. The van der Waals surface area contributed by atoms with Crippen LogP contribution in [-0.4, -0.2) is 0 Å². The van der Waals surface area contributed by atoms with E-state index >= 15 is 0 Å². The van der Waals surface area contributed by atoms with Crippen molar-refractivity contribution in [3.8, 4) is 5.75 Å². The summed E-state index contributed by atoms with van der Waals surface area (Å²) in [4.78, 5) is 0. The standard InChI is InChI=1S/C13H8BrClF2O/c14-9-2-1-8(11(15)5-9)7-18-13-4-3-10(16)6-12(13)17/h1-6H,7H2. The lowest BCUT2D eigenvalue weighted by molar-refractivity contribution is 0.289. The SMILES string of the molecule is Fc1ccc(OCc2ccc(Br)cc2Cl)c(F)c1. The average Bonchev–Trinajstić information content (AvgIpc) is 2.30. The van der Waals surface area contributed by atoms with Crippen molar-refractivity contribution in [2.75, 3.05) is 0 Å². The molecule has 0 aromatic heterocycles. The van der Waals surface area contributed by atoms with E-state index in [0.717, 1.165) is 22.2 Å². The second kappa shape index (κ2) is 5.67. The molecule has 2 aromatic rings. The average molecular weight is 334 g/mol. The van der Waals surface area contributed by atoms with E-state index in [1.165, 1.54) is 6.07 Å². The summed E-state index contributed by atoms with van der Waals surface area (Å²) in [7, 11) is 0. The number of rotatable bonds is 3. The van der Waals surface area contributed by atoms with Crippen LogP contribution in [0.5, 0.6) is 5.75 Å². The molecular formula is C13H8BrClF2O. The molecule has 18 heavy (non-hydrogen) atoms. The molecule has 0 unspecified atom stereocenters. The van der Waals surface area contributed by atoms with Gasteiger partial charge in [-0.25, -0.2) is 8.78 Å². The zero-order valence-electron chi connectivity index (χ0n) is 9.09.